The minimum Gasteiger partial charge on any atom is -0.488 e. The van der Waals surface area contributed by atoms with Gasteiger partial charge in [0.05, 0.1) is 23.9 Å². The SMILES string of the molecule is CC(C)(O)c1cc(C(O)(CNC(=O)c2cc(OC3CC3)c3ncccc3c2)C(F)(F)F)nc(-c2ccc(F)cc2)c1F. The maximum Gasteiger partial charge on any atom is 0.424 e. The summed E-state index contributed by atoms with van der Waals surface area (Å²) in [5.41, 5.74) is -7.77. The fraction of sp³-hybridized carbons (Fsp3) is 0.300. The first-order chi connectivity index (χ1) is 19.7. The molecular weight excluding hydrogens is 561 g/mol. The van der Waals surface area contributed by atoms with E-state index in [-0.39, 0.29) is 17.2 Å². The molecule has 1 amide bonds. The Balaban J connectivity index is 1.54. The van der Waals surface area contributed by atoms with Crippen LogP contribution in [0.4, 0.5) is 22.0 Å². The maximum absolute atomic E-state index is 15.4. The Morgan fingerprint density at radius 2 is 1.74 bits per heavy atom. The molecule has 1 saturated carbocycles. The van der Waals surface area contributed by atoms with Crippen LogP contribution in [0.2, 0.25) is 0 Å². The molecule has 1 aliphatic carbocycles. The molecule has 12 heteroatoms. The Hall–Kier alpha value is -4.16. The van der Waals surface area contributed by atoms with Crippen LogP contribution in [-0.2, 0) is 11.2 Å². The first-order valence-corrected chi connectivity index (χ1v) is 13.0. The zero-order valence-corrected chi connectivity index (χ0v) is 22.5. The van der Waals surface area contributed by atoms with Crippen LogP contribution in [-0.4, -0.2) is 44.9 Å². The number of benzene rings is 2. The minimum atomic E-state index is -5.41. The van der Waals surface area contributed by atoms with E-state index in [2.05, 4.69) is 15.3 Å². The van der Waals surface area contributed by atoms with Crippen LogP contribution in [0.1, 0.15) is 48.3 Å². The summed E-state index contributed by atoms with van der Waals surface area (Å²) < 4.78 is 78.3. The molecule has 2 aromatic carbocycles. The smallest absolute Gasteiger partial charge is 0.424 e. The molecule has 3 N–H and O–H groups in total. The number of hydrogen-bond donors (Lipinski definition) is 3. The number of carbonyl (C=O) groups excluding carboxylic acids is 1. The van der Waals surface area contributed by atoms with Gasteiger partial charge in [-0.3, -0.25) is 9.78 Å². The van der Waals surface area contributed by atoms with Crippen molar-refractivity contribution in [3.63, 3.8) is 0 Å². The number of halogens is 5. The number of alkyl halides is 3. The van der Waals surface area contributed by atoms with Crippen LogP contribution < -0.4 is 10.1 Å². The lowest BCUT2D eigenvalue weighted by atomic mass is 9.90. The van der Waals surface area contributed by atoms with E-state index in [4.69, 9.17) is 4.74 Å². The van der Waals surface area contributed by atoms with Gasteiger partial charge < -0.3 is 20.3 Å². The van der Waals surface area contributed by atoms with E-state index in [9.17, 15) is 32.6 Å². The van der Waals surface area contributed by atoms with Crippen molar-refractivity contribution < 1.29 is 41.7 Å². The Morgan fingerprint density at radius 1 is 1.05 bits per heavy atom. The summed E-state index contributed by atoms with van der Waals surface area (Å²) in [4.78, 5) is 21.2. The highest BCUT2D eigenvalue weighted by Crippen LogP contribution is 2.41. The fourth-order valence-electron chi connectivity index (χ4n) is 4.38. The Morgan fingerprint density at radius 3 is 2.36 bits per heavy atom. The molecule has 2 aromatic heterocycles. The van der Waals surface area contributed by atoms with Crippen molar-refractivity contribution in [2.75, 3.05) is 6.54 Å². The van der Waals surface area contributed by atoms with Gasteiger partial charge in [0.25, 0.3) is 5.91 Å². The van der Waals surface area contributed by atoms with Gasteiger partial charge in [0.1, 0.15) is 22.8 Å². The molecule has 0 bridgehead atoms. The highest BCUT2D eigenvalue weighted by Gasteiger charge is 2.57. The van der Waals surface area contributed by atoms with E-state index in [1.807, 2.05) is 0 Å². The first kappa shape index (κ1) is 29.3. The number of fused-ring (bicyclic) bond motifs is 1. The predicted octanol–water partition coefficient (Wildman–Crippen LogP) is 5.52. The van der Waals surface area contributed by atoms with E-state index in [1.54, 1.807) is 18.3 Å². The molecular formula is C30H26F5N3O4. The van der Waals surface area contributed by atoms with Crippen molar-refractivity contribution in [2.24, 2.45) is 0 Å². The molecule has 5 rings (SSSR count). The quantitative estimate of drug-likeness (QED) is 0.235. The van der Waals surface area contributed by atoms with Crippen LogP contribution in [0.15, 0.2) is 60.8 Å². The molecule has 0 radical (unpaired) electrons. The largest absolute Gasteiger partial charge is 0.488 e. The van der Waals surface area contributed by atoms with Crippen LogP contribution in [0, 0.1) is 11.6 Å². The Kier molecular flexibility index (Phi) is 7.40. The van der Waals surface area contributed by atoms with E-state index < -0.39 is 58.4 Å². The minimum absolute atomic E-state index is 0.0353. The summed E-state index contributed by atoms with van der Waals surface area (Å²) >= 11 is 0. The average Bonchev–Trinajstić information content (AvgIpc) is 3.75. The van der Waals surface area contributed by atoms with E-state index in [0.29, 0.717) is 22.7 Å². The first-order valence-electron chi connectivity index (χ1n) is 13.0. The molecule has 220 valence electrons. The predicted molar refractivity (Wildman–Crippen MR) is 143 cm³/mol. The van der Waals surface area contributed by atoms with Gasteiger partial charge >= 0.3 is 6.18 Å². The van der Waals surface area contributed by atoms with Gasteiger partial charge in [0.15, 0.2) is 5.82 Å². The molecule has 1 atom stereocenters. The van der Waals surface area contributed by atoms with Crippen molar-refractivity contribution in [3.8, 4) is 17.0 Å². The number of hydrogen-bond acceptors (Lipinski definition) is 6. The zero-order chi connectivity index (χ0) is 30.4. The summed E-state index contributed by atoms with van der Waals surface area (Å²) in [5.74, 6) is -2.49. The topological polar surface area (TPSA) is 105 Å². The second kappa shape index (κ2) is 10.6. The van der Waals surface area contributed by atoms with Crippen LogP contribution >= 0.6 is 0 Å². The third-order valence-electron chi connectivity index (χ3n) is 6.88. The zero-order valence-electron chi connectivity index (χ0n) is 22.5. The number of ether oxygens (including phenoxy) is 1. The van der Waals surface area contributed by atoms with Crippen LogP contribution in [0.3, 0.4) is 0 Å². The van der Waals surface area contributed by atoms with Gasteiger partial charge in [-0.2, -0.15) is 13.2 Å². The second-order valence-electron chi connectivity index (χ2n) is 10.7. The van der Waals surface area contributed by atoms with Crippen LogP contribution in [0.25, 0.3) is 22.2 Å². The Bertz CT molecular complexity index is 1650. The molecule has 1 fully saturated rings. The lowest BCUT2D eigenvalue weighted by molar-refractivity contribution is -0.265. The molecule has 2 heterocycles. The van der Waals surface area contributed by atoms with E-state index in [0.717, 1.165) is 51.0 Å². The standard InChI is InChI=1S/C30H26F5N3O4/c1-28(2,40)21-14-23(38-26(24(21)32)16-5-7-19(31)8-6-16)29(41,30(33,34)35)15-37-27(39)18-12-17-4-3-11-36-25(17)22(13-18)42-20-9-10-20/h3-8,11-14,20,40-41H,9-10,15H2,1-2H3,(H,37,39). The highest BCUT2D eigenvalue weighted by atomic mass is 19.4. The number of amides is 1. The van der Waals surface area contributed by atoms with Gasteiger partial charge in [-0.1, -0.05) is 6.07 Å². The molecule has 1 unspecified atom stereocenters. The highest BCUT2D eigenvalue weighted by molar-refractivity contribution is 5.99. The summed E-state index contributed by atoms with van der Waals surface area (Å²) in [6, 6.07) is 10.8. The molecule has 0 saturated heterocycles. The van der Waals surface area contributed by atoms with Gasteiger partial charge in [-0.25, -0.2) is 13.8 Å². The van der Waals surface area contributed by atoms with Crippen molar-refractivity contribution >= 4 is 16.8 Å². The van der Waals surface area contributed by atoms with Gasteiger partial charge in [-0.05, 0) is 75.2 Å². The average molecular weight is 588 g/mol. The number of nitrogens with zero attached hydrogens (tertiary/aromatic N) is 2. The lowest BCUT2D eigenvalue weighted by Gasteiger charge is -2.32. The molecule has 4 aromatic rings. The third-order valence-corrected chi connectivity index (χ3v) is 6.88. The Labute approximate surface area is 237 Å². The monoisotopic (exact) mass is 587 g/mol. The fourth-order valence-corrected chi connectivity index (χ4v) is 4.38. The summed E-state index contributed by atoms with van der Waals surface area (Å²) in [6.45, 7) is 0.897. The number of nitrogens with one attached hydrogen (secondary N) is 1. The van der Waals surface area contributed by atoms with Crippen molar-refractivity contribution in [1.29, 1.82) is 0 Å². The molecule has 0 aliphatic heterocycles. The molecule has 1 aliphatic rings. The van der Waals surface area contributed by atoms with E-state index >= 15 is 4.39 Å². The van der Waals surface area contributed by atoms with Crippen LogP contribution in [0.5, 0.6) is 5.75 Å². The summed E-state index contributed by atoms with van der Waals surface area (Å²) in [6.07, 6.45) is -2.27. The van der Waals surface area contributed by atoms with Gasteiger partial charge in [0.2, 0.25) is 5.60 Å². The third kappa shape index (κ3) is 5.77. The number of aliphatic hydroxyl groups is 2. The van der Waals surface area contributed by atoms with E-state index in [1.165, 1.54) is 12.1 Å². The number of rotatable bonds is 8. The van der Waals surface area contributed by atoms with Crippen molar-refractivity contribution in [1.82, 2.24) is 15.3 Å². The molecule has 7 nitrogen and oxygen atoms in total. The maximum atomic E-state index is 15.4. The second-order valence-corrected chi connectivity index (χ2v) is 10.7. The van der Waals surface area contributed by atoms with Crippen molar-refractivity contribution in [3.05, 3.63) is 89.2 Å². The van der Waals surface area contributed by atoms with Gasteiger partial charge in [-0.15, -0.1) is 0 Å². The van der Waals surface area contributed by atoms with Gasteiger partial charge in [0, 0.05) is 28.3 Å². The summed E-state index contributed by atoms with van der Waals surface area (Å²) in [5, 5.41) is 24.2. The van der Waals surface area contributed by atoms with Crippen molar-refractivity contribution in [2.45, 2.75) is 50.2 Å². The normalized spacial score (nSPS) is 15.4. The molecule has 0 spiro atoms. The molecule has 42 heavy (non-hydrogen) atoms. The number of carbonyl (C=O) groups is 1. The number of pyridine rings is 2. The summed E-state index contributed by atoms with van der Waals surface area (Å²) in [7, 11) is 0. The lowest BCUT2D eigenvalue weighted by Crippen LogP contribution is -2.51. The number of aromatic nitrogens is 2.